The van der Waals surface area contributed by atoms with Crippen molar-refractivity contribution in [2.24, 2.45) is 0 Å². The molecule has 2 aliphatic rings. The molecule has 2 fully saturated rings. The molecule has 4 rings (SSSR count). The van der Waals surface area contributed by atoms with E-state index < -0.39 is 0 Å². The summed E-state index contributed by atoms with van der Waals surface area (Å²) >= 11 is 0. The number of nitrogens with zero attached hydrogens (tertiary/aromatic N) is 3. The lowest BCUT2D eigenvalue weighted by molar-refractivity contribution is -0.132. The highest BCUT2D eigenvalue weighted by molar-refractivity contribution is 5.94. The van der Waals surface area contributed by atoms with Crippen molar-refractivity contribution in [3.63, 3.8) is 0 Å². The van der Waals surface area contributed by atoms with Gasteiger partial charge in [-0.05, 0) is 49.1 Å². The molecule has 3 heterocycles. The molecular weight excluding hydrogens is 385 g/mol. The van der Waals surface area contributed by atoms with Crippen molar-refractivity contribution < 1.29 is 18.7 Å². The van der Waals surface area contributed by atoms with Crippen LogP contribution in [-0.4, -0.2) is 59.4 Å². The zero-order valence-electron chi connectivity index (χ0n) is 16.9. The first-order valence-electron chi connectivity index (χ1n) is 10.5. The van der Waals surface area contributed by atoms with Gasteiger partial charge < -0.3 is 14.5 Å². The Morgan fingerprint density at radius 2 is 1.83 bits per heavy atom. The molecule has 0 spiro atoms. The maximum absolute atomic E-state index is 13.0. The molecule has 7 heteroatoms. The van der Waals surface area contributed by atoms with Crippen molar-refractivity contribution in [2.75, 3.05) is 32.8 Å². The molecule has 1 atom stereocenters. The van der Waals surface area contributed by atoms with Crippen LogP contribution in [0, 0.1) is 5.82 Å². The summed E-state index contributed by atoms with van der Waals surface area (Å²) in [7, 11) is 0. The Kier molecular flexibility index (Phi) is 6.38. The van der Waals surface area contributed by atoms with E-state index in [2.05, 4.69) is 4.98 Å². The molecule has 1 aromatic carbocycles. The van der Waals surface area contributed by atoms with Crippen molar-refractivity contribution in [1.82, 2.24) is 14.8 Å². The predicted molar refractivity (Wildman–Crippen MR) is 109 cm³/mol. The van der Waals surface area contributed by atoms with Gasteiger partial charge in [-0.3, -0.25) is 14.6 Å². The van der Waals surface area contributed by atoms with Crippen LogP contribution in [0.25, 0.3) is 0 Å². The van der Waals surface area contributed by atoms with E-state index >= 15 is 0 Å². The second-order valence-corrected chi connectivity index (χ2v) is 7.75. The Labute approximate surface area is 175 Å². The summed E-state index contributed by atoms with van der Waals surface area (Å²) in [5, 5.41) is 0. The maximum Gasteiger partial charge on any atom is 0.255 e. The average Bonchev–Trinajstić information content (AvgIpc) is 3.29. The minimum atomic E-state index is -0.272. The Morgan fingerprint density at radius 1 is 1.07 bits per heavy atom. The number of ether oxygens (including phenoxy) is 1. The average molecular weight is 411 g/mol. The summed E-state index contributed by atoms with van der Waals surface area (Å²) in [4.78, 5) is 33.6. The molecule has 0 radical (unpaired) electrons. The van der Waals surface area contributed by atoms with Crippen LogP contribution in [0.15, 0.2) is 42.6 Å². The van der Waals surface area contributed by atoms with Crippen LogP contribution in [0.3, 0.4) is 0 Å². The zero-order valence-corrected chi connectivity index (χ0v) is 16.9. The fourth-order valence-corrected chi connectivity index (χ4v) is 4.10. The number of likely N-dealkylation sites (tertiary alicyclic amines) is 1. The zero-order chi connectivity index (χ0) is 20.9. The number of morpholine rings is 1. The van der Waals surface area contributed by atoms with Crippen LogP contribution in [0.4, 0.5) is 4.39 Å². The number of hydrogen-bond donors (Lipinski definition) is 0. The van der Waals surface area contributed by atoms with Gasteiger partial charge in [0.1, 0.15) is 5.82 Å². The smallest absolute Gasteiger partial charge is 0.255 e. The molecule has 2 amide bonds. The highest BCUT2D eigenvalue weighted by Gasteiger charge is 2.30. The van der Waals surface area contributed by atoms with E-state index in [0.717, 1.165) is 24.1 Å². The van der Waals surface area contributed by atoms with Gasteiger partial charge in [0.25, 0.3) is 5.91 Å². The first-order valence-corrected chi connectivity index (χ1v) is 10.5. The van der Waals surface area contributed by atoms with Gasteiger partial charge in [-0.25, -0.2) is 4.39 Å². The summed E-state index contributed by atoms with van der Waals surface area (Å²) in [5.41, 5.74) is 2.33. The molecule has 0 saturated carbocycles. The summed E-state index contributed by atoms with van der Waals surface area (Å²) in [5.74, 6) is -0.223. The quantitative estimate of drug-likeness (QED) is 0.759. The Hall–Kier alpha value is -2.80. The number of carbonyl (C=O) groups excluding carboxylic acids is 2. The molecule has 2 aromatic rings. The second kappa shape index (κ2) is 9.34. The fourth-order valence-electron chi connectivity index (χ4n) is 4.10. The lowest BCUT2D eigenvalue weighted by atomic mass is 10.1. The summed E-state index contributed by atoms with van der Waals surface area (Å²) in [6.45, 7) is 3.03. The molecule has 2 saturated heterocycles. The van der Waals surface area contributed by atoms with Crippen molar-refractivity contribution in [3.05, 3.63) is 65.2 Å². The normalized spacial score (nSPS) is 19.2. The third kappa shape index (κ3) is 4.67. The molecule has 0 N–H and O–H groups in total. The van der Waals surface area contributed by atoms with E-state index in [1.54, 1.807) is 29.3 Å². The number of carbonyl (C=O) groups is 2. The predicted octanol–water partition coefficient (Wildman–Crippen LogP) is 2.99. The molecule has 6 nitrogen and oxygen atoms in total. The van der Waals surface area contributed by atoms with Crippen LogP contribution >= 0.6 is 0 Å². The van der Waals surface area contributed by atoms with Crippen molar-refractivity contribution >= 4 is 11.8 Å². The van der Waals surface area contributed by atoms with Crippen LogP contribution in [0.5, 0.6) is 0 Å². The number of amides is 2. The summed E-state index contributed by atoms with van der Waals surface area (Å²) in [6, 6.07) is 9.89. The maximum atomic E-state index is 13.0. The molecule has 30 heavy (non-hydrogen) atoms. The van der Waals surface area contributed by atoms with Gasteiger partial charge in [-0.2, -0.15) is 0 Å². The summed E-state index contributed by atoms with van der Waals surface area (Å²) < 4.78 is 18.3. The number of benzene rings is 1. The van der Waals surface area contributed by atoms with Gasteiger partial charge in [0.2, 0.25) is 5.91 Å². The summed E-state index contributed by atoms with van der Waals surface area (Å²) in [6.07, 6.45) is 4.39. The van der Waals surface area contributed by atoms with E-state index in [1.807, 2.05) is 11.0 Å². The standard InChI is InChI=1S/C23H26FN3O3/c24-19-7-3-17(4-8-19)5-10-22(28)27-11-1-2-21(27)20-9-6-18(16-25-20)23(29)26-12-14-30-15-13-26/h3-4,6-9,16,21H,1-2,5,10-15H2/t21-/m1/s1. The van der Waals surface area contributed by atoms with E-state index in [0.29, 0.717) is 51.3 Å². The van der Waals surface area contributed by atoms with E-state index in [-0.39, 0.29) is 23.7 Å². The monoisotopic (exact) mass is 411 g/mol. The van der Waals surface area contributed by atoms with Gasteiger partial charge >= 0.3 is 0 Å². The molecule has 0 aliphatic carbocycles. The first-order chi connectivity index (χ1) is 14.6. The number of aryl methyl sites for hydroxylation is 1. The number of pyridine rings is 1. The number of hydrogen-bond acceptors (Lipinski definition) is 4. The Morgan fingerprint density at radius 3 is 2.53 bits per heavy atom. The molecule has 0 bridgehead atoms. The lowest BCUT2D eigenvalue weighted by Gasteiger charge is -2.27. The highest BCUT2D eigenvalue weighted by Crippen LogP contribution is 2.31. The van der Waals surface area contributed by atoms with Gasteiger partial charge in [-0.1, -0.05) is 12.1 Å². The fraction of sp³-hybridized carbons (Fsp3) is 0.435. The van der Waals surface area contributed by atoms with Crippen molar-refractivity contribution in [1.29, 1.82) is 0 Å². The minimum absolute atomic E-state index is 0.0315. The number of aromatic nitrogens is 1. The second-order valence-electron chi connectivity index (χ2n) is 7.75. The van der Waals surface area contributed by atoms with Crippen LogP contribution in [0.2, 0.25) is 0 Å². The highest BCUT2D eigenvalue weighted by atomic mass is 19.1. The topological polar surface area (TPSA) is 62.7 Å². The largest absolute Gasteiger partial charge is 0.378 e. The van der Waals surface area contributed by atoms with Gasteiger partial charge in [0.15, 0.2) is 0 Å². The van der Waals surface area contributed by atoms with Gasteiger partial charge in [-0.15, -0.1) is 0 Å². The minimum Gasteiger partial charge on any atom is -0.378 e. The lowest BCUT2D eigenvalue weighted by Crippen LogP contribution is -2.40. The third-order valence-corrected chi connectivity index (χ3v) is 5.79. The third-order valence-electron chi connectivity index (χ3n) is 5.79. The first kappa shape index (κ1) is 20.5. The van der Waals surface area contributed by atoms with E-state index in [4.69, 9.17) is 4.74 Å². The SMILES string of the molecule is O=C(c1ccc([C@H]2CCCN2C(=O)CCc2ccc(F)cc2)nc1)N1CCOCC1. The molecular formula is C23H26FN3O3. The molecule has 2 aliphatic heterocycles. The number of halogens is 1. The van der Waals surface area contributed by atoms with E-state index in [9.17, 15) is 14.0 Å². The molecule has 158 valence electrons. The molecule has 0 unspecified atom stereocenters. The van der Waals surface area contributed by atoms with Crippen LogP contribution in [0.1, 0.15) is 46.9 Å². The van der Waals surface area contributed by atoms with Gasteiger partial charge in [0, 0.05) is 32.3 Å². The van der Waals surface area contributed by atoms with Gasteiger partial charge in [0.05, 0.1) is 30.5 Å². The molecule has 1 aromatic heterocycles. The van der Waals surface area contributed by atoms with Crippen molar-refractivity contribution in [2.45, 2.75) is 31.7 Å². The van der Waals surface area contributed by atoms with Crippen LogP contribution in [-0.2, 0) is 16.0 Å². The Bertz CT molecular complexity index is 880. The Balaban J connectivity index is 1.38. The number of rotatable bonds is 5. The van der Waals surface area contributed by atoms with Crippen LogP contribution < -0.4 is 0 Å². The van der Waals surface area contributed by atoms with Crippen molar-refractivity contribution in [3.8, 4) is 0 Å². The van der Waals surface area contributed by atoms with E-state index in [1.165, 1.54) is 12.1 Å².